The summed E-state index contributed by atoms with van der Waals surface area (Å²) < 4.78 is 5.47. The lowest BCUT2D eigenvalue weighted by Crippen LogP contribution is -2.42. The molecule has 0 bridgehead atoms. The third kappa shape index (κ3) is 3.60. The van der Waals surface area contributed by atoms with Crippen LogP contribution in [-0.4, -0.2) is 18.4 Å². The summed E-state index contributed by atoms with van der Waals surface area (Å²) in [4.78, 5) is 26.4. The number of carbonyl (C=O) groups excluding carboxylic acids is 2. The van der Waals surface area contributed by atoms with E-state index >= 15 is 0 Å². The van der Waals surface area contributed by atoms with Gasteiger partial charge in [0.15, 0.2) is 0 Å². The minimum absolute atomic E-state index is 0.228. The molecule has 0 saturated heterocycles. The van der Waals surface area contributed by atoms with Gasteiger partial charge < -0.3 is 4.74 Å². The summed E-state index contributed by atoms with van der Waals surface area (Å²) in [5, 5.41) is 0. The van der Waals surface area contributed by atoms with Gasteiger partial charge in [-0.15, -0.1) is 11.3 Å². The summed E-state index contributed by atoms with van der Waals surface area (Å²) in [5.41, 5.74) is 8.40. The minimum Gasteiger partial charge on any atom is -0.493 e. The van der Waals surface area contributed by atoms with Crippen molar-refractivity contribution in [2.45, 2.75) is 39.0 Å². The van der Waals surface area contributed by atoms with Gasteiger partial charge in [-0.25, -0.2) is 0 Å². The number of hydrogen-bond donors (Lipinski definition) is 2. The van der Waals surface area contributed by atoms with Crippen molar-refractivity contribution in [3.8, 4) is 5.75 Å². The molecule has 1 aromatic carbocycles. The van der Waals surface area contributed by atoms with Gasteiger partial charge in [-0.1, -0.05) is 19.1 Å². The Kier molecular flexibility index (Phi) is 4.68. The second kappa shape index (κ2) is 7.11. The van der Waals surface area contributed by atoms with Gasteiger partial charge in [0.1, 0.15) is 5.75 Å². The summed E-state index contributed by atoms with van der Waals surface area (Å²) >= 11 is 1.54. The van der Waals surface area contributed by atoms with Crippen LogP contribution >= 0.6 is 11.3 Å². The molecule has 1 aliphatic carbocycles. The SMILES string of the molecule is CC1CCc2sc(C(=O)NNC(=O)Cc3ccc4c(c3)CCO4)cc2C1. The van der Waals surface area contributed by atoms with E-state index in [2.05, 4.69) is 17.8 Å². The molecule has 4 rings (SSSR count). The maximum Gasteiger partial charge on any atom is 0.279 e. The number of hydrazine groups is 1. The third-order valence-corrected chi connectivity index (χ3v) is 6.22. The number of fused-ring (bicyclic) bond motifs is 2. The topological polar surface area (TPSA) is 67.4 Å². The maximum absolute atomic E-state index is 12.3. The largest absolute Gasteiger partial charge is 0.493 e. The lowest BCUT2D eigenvalue weighted by Gasteiger charge is -2.16. The van der Waals surface area contributed by atoms with Crippen molar-refractivity contribution in [2.24, 2.45) is 5.92 Å². The highest BCUT2D eigenvalue weighted by Crippen LogP contribution is 2.32. The summed E-state index contributed by atoms with van der Waals surface area (Å²) in [6, 6.07) is 7.76. The monoisotopic (exact) mass is 370 g/mol. The molecular formula is C20H22N2O3S. The molecule has 0 fully saturated rings. The molecule has 2 aromatic rings. The molecule has 1 aromatic heterocycles. The van der Waals surface area contributed by atoms with E-state index in [0.717, 1.165) is 36.1 Å². The number of ether oxygens (including phenoxy) is 1. The lowest BCUT2D eigenvalue weighted by atomic mass is 9.90. The number of carbonyl (C=O) groups is 2. The Labute approximate surface area is 156 Å². The molecule has 2 aliphatic rings. The molecule has 1 unspecified atom stereocenters. The molecule has 6 heteroatoms. The smallest absolute Gasteiger partial charge is 0.279 e. The molecule has 2 N–H and O–H groups in total. The predicted molar refractivity (Wildman–Crippen MR) is 100 cm³/mol. The highest BCUT2D eigenvalue weighted by molar-refractivity contribution is 7.14. The van der Waals surface area contributed by atoms with Gasteiger partial charge in [-0.3, -0.25) is 20.4 Å². The van der Waals surface area contributed by atoms with Gasteiger partial charge in [-0.05, 0) is 54.0 Å². The third-order valence-electron chi connectivity index (χ3n) is 4.99. The summed E-state index contributed by atoms with van der Waals surface area (Å²) in [6.07, 6.45) is 4.36. The van der Waals surface area contributed by atoms with E-state index in [9.17, 15) is 9.59 Å². The van der Waals surface area contributed by atoms with Gasteiger partial charge in [0, 0.05) is 11.3 Å². The van der Waals surface area contributed by atoms with Gasteiger partial charge in [0.25, 0.3) is 5.91 Å². The zero-order chi connectivity index (χ0) is 18.1. The van der Waals surface area contributed by atoms with Gasteiger partial charge in [-0.2, -0.15) is 0 Å². The van der Waals surface area contributed by atoms with Crippen LogP contribution in [0.3, 0.4) is 0 Å². The van der Waals surface area contributed by atoms with E-state index < -0.39 is 0 Å². The number of thiophene rings is 1. The van der Waals surface area contributed by atoms with Crippen molar-refractivity contribution in [3.63, 3.8) is 0 Å². The van der Waals surface area contributed by atoms with Gasteiger partial charge in [0.05, 0.1) is 17.9 Å². The van der Waals surface area contributed by atoms with Crippen molar-refractivity contribution < 1.29 is 14.3 Å². The van der Waals surface area contributed by atoms with E-state index in [4.69, 9.17) is 4.74 Å². The normalized spacial score (nSPS) is 17.8. The van der Waals surface area contributed by atoms with Crippen molar-refractivity contribution >= 4 is 23.2 Å². The zero-order valence-corrected chi connectivity index (χ0v) is 15.6. The number of benzene rings is 1. The molecule has 5 nitrogen and oxygen atoms in total. The number of amides is 2. The zero-order valence-electron chi connectivity index (χ0n) is 14.8. The maximum atomic E-state index is 12.3. The van der Waals surface area contributed by atoms with Crippen LogP contribution in [0, 0.1) is 5.92 Å². The number of rotatable bonds is 3. The van der Waals surface area contributed by atoms with Crippen LogP contribution in [0.2, 0.25) is 0 Å². The number of aryl methyl sites for hydroxylation is 1. The molecule has 26 heavy (non-hydrogen) atoms. The molecule has 0 radical (unpaired) electrons. The first-order chi connectivity index (χ1) is 12.6. The van der Waals surface area contributed by atoms with Crippen LogP contribution in [0.15, 0.2) is 24.3 Å². The van der Waals surface area contributed by atoms with E-state index in [1.165, 1.54) is 28.2 Å². The Morgan fingerprint density at radius 1 is 1.19 bits per heavy atom. The van der Waals surface area contributed by atoms with E-state index in [-0.39, 0.29) is 18.2 Å². The lowest BCUT2D eigenvalue weighted by molar-refractivity contribution is -0.121. The van der Waals surface area contributed by atoms with Crippen LogP contribution in [-0.2, 0) is 30.5 Å². The average Bonchev–Trinajstić information content (AvgIpc) is 3.25. The minimum atomic E-state index is -0.243. The second-order valence-electron chi connectivity index (χ2n) is 7.13. The fourth-order valence-electron chi connectivity index (χ4n) is 3.59. The molecular weight excluding hydrogens is 348 g/mol. The van der Waals surface area contributed by atoms with E-state index in [1.54, 1.807) is 0 Å². The van der Waals surface area contributed by atoms with Crippen LogP contribution in [0.25, 0.3) is 0 Å². The van der Waals surface area contributed by atoms with Gasteiger partial charge in [0.2, 0.25) is 5.91 Å². The van der Waals surface area contributed by atoms with Crippen LogP contribution in [0.4, 0.5) is 0 Å². The summed E-state index contributed by atoms with van der Waals surface area (Å²) in [7, 11) is 0. The molecule has 0 spiro atoms. The predicted octanol–water partition coefficient (Wildman–Crippen LogP) is 2.81. The van der Waals surface area contributed by atoms with Crippen LogP contribution in [0.5, 0.6) is 5.75 Å². The van der Waals surface area contributed by atoms with Crippen molar-refractivity contribution in [2.75, 3.05) is 6.61 Å². The Bertz CT molecular complexity index is 859. The van der Waals surface area contributed by atoms with Crippen molar-refractivity contribution in [1.29, 1.82) is 0 Å². The molecule has 2 heterocycles. The van der Waals surface area contributed by atoms with Gasteiger partial charge >= 0.3 is 0 Å². The Morgan fingerprint density at radius 3 is 2.96 bits per heavy atom. The molecule has 136 valence electrons. The first kappa shape index (κ1) is 17.1. The highest BCUT2D eigenvalue weighted by atomic mass is 32.1. The Balaban J connectivity index is 1.32. The Hall–Kier alpha value is -2.34. The molecule has 0 saturated carbocycles. The number of hydrogen-bond acceptors (Lipinski definition) is 4. The van der Waals surface area contributed by atoms with E-state index in [1.807, 2.05) is 24.3 Å². The average molecular weight is 370 g/mol. The molecule has 1 atom stereocenters. The van der Waals surface area contributed by atoms with Crippen molar-refractivity contribution in [3.05, 3.63) is 50.7 Å². The van der Waals surface area contributed by atoms with E-state index in [0.29, 0.717) is 17.4 Å². The fraction of sp³-hybridized carbons (Fsp3) is 0.400. The second-order valence-corrected chi connectivity index (χ2v) is 8.26. The fourth-order valence-corrected chi connectivity index (χ4v) is 4.69. The first-order valence-electron chi connectivity index (χ1n) is 9.04. The molecule has 2 amide bonds. The van der Waals surface area contributed by atoms with Crippen molar-refractivity contribution in [1.82, 2.24) is 10.9 Å². The Morgan fingerprint density at radius 2 is 2.08 bits per heavy atom. The van der Waals surface area contributed by atoms with Crippen LogP contribution < -0.4 is 15.6 Å². The molecule has 1 aliphatic heterocycles. The van der Waals surface area contributed by atoms with Crippen LogP contribution in [0.1, 0.15) is 44.6 Å². The standard InChI is InChI=1S/C20H22N2O3S/c1-12-2-5-17-15(8-12)11-18(26-17)20(24)22-21-19(23)10-13-3-4-16-14(9-13)6-7-25-16/h3-4,9,11-12H,2,5-8,10H2,1H3,(H,21,23)(H,22,24). The first-order valence-corrected chi connectivity index (χ1v) is 9.85. The highest BCUT2D eigenvalue weighted by Gasteiger charge is 2.21. The summed E-state index contributed by atoms with van der Waals surface area (Å²) in [5.74, 6) is 1.10. The quantitative estimate of drug-likeness (QED) is 0.817. The number of nitrogens with one attached hydrogen (secondary N) is 2. The summed E-state index contributed by atoms with van der Waals surface area (Å²) in [6.45, 7) is 2.94.